The fourth-order valence-electron chi connectivity index (χ4n) is 2.90. The summed E-state index contributed by atoms with van der Waals surface area (Å²) in [6, 6.07) is 2.88. The van der Waals surface area contributed by atoms with Gasteiger partial charge in [-0.15, -0.1) is 0 Å². The van der Waals surface area contributed by atoms with Crippen molar-refractivity contribution in [3.05, 3.63) is 35.4 Å². The van der Waals surface area contributed by atoms with Crippen LogP contribution in [0.3, 0.4) is 0 Å². The van der Waals surface area contributed by atoms with Crippen LogP contribution in [0.1, 0.15) is 17.9 Å². The van der Waals surface area contributed by atoms with Gasteiger partial charge in [0.25, 0.3) is 0 Å². The minimum atomic E-state index is -1.12. The number of hydrogen-bond acceptors (Lipinski definition) is 3. The Morgan fingerprint density at radius 3 is 2.82 bits per heavy atom. The first kappa shape index (κ1) is 14.9. The second-order valence-corrected chi connectivity index (χ2v) is 5.55. The van der Waals surface area contributed by atoms with E-state index >= 15 is 0 Å². The zero-order valence-corrected chi connectivity index (χ0v) is 11.7. The van der Waals surface area contributed by atoms with E-state index in [0.29, 0.717) is 6.42 Å². The standard InChI is InChI=1S/C15H15F2NO4/c16-11-3-1-2-8(13(11)17)9-6-10(9)14(19)18-4-5-22-7-12(18)15(20)21/h1-3,9-10,12H,4-7H2,(H,20,21). The average Bonchev–Trinajstić information content (AvgIpc) is 3.29. The summed E-state index contributed by atoms with van der Waals surface area (Å²) < 4.78 is 32.1. The number of carbonyl (C=O) groups is 2. The molecule has 1 aliphatic heterocycles. The van der Waals surface area contributed by atoms with E-state index in [1.165, 1.54) is 17.0 Å². The molecule has 5 nitrogen and oxygen atoms in total. The molecule has 0 radical (unpaired) electrons. The molecule has 2 fully saturated rings. The molecule has 3 rings (SSSR count). The third-order valence-corrected chi connectivity index (χ3v) is 4.19. The number of ether oxygens (including phenoxy) is 1. The highest BCUT2D eigenvalue weighted by atomic mass is 19.2. The van der Waals surface area contributed by atoms with E-state index in [1.807, 2.05) is 0 Å². The van der Waals surface area contributed by atoms with Gasteiger partial charge >= 0.3 is 5.97 Å². The first-order valence-electron chi connectivity index (χ1n) is 7.05. The van der Waals surface area contributed by atoms with E-state index in [0.717, 1.165) is 6.07 Å². The molecule has 1 saturated carbocycles. The van der Waals surface area contributed by atoms with Gasteiger partial charge in [-0.1, -0.05) is 12.1 Å². The van der Waals surface area contributed by atoms with Gasteiger partial charge in [-0.2, -0.15) is 0 Å². The zero-order valence-electron chi connectivity index (χ0n) is 11.7. The van der Waals surface area contributed by atoms with Crippen LogP contribution in [-0.2, 0) is 14.3 Å². The molecule has 0 aromatic heterocycles. The van der Waals surface area contributed by atoms with Crippen LogP contribution in [0.25, 0.3) is 0 Å². The minimum absolute atomic E-state index is 0.0488. The van der Waals surface area contributed by atoms with Crippen molar-refractivity contribution in [2.45, 2.75) is 18.4 Å². The van der Waals surface area contributed by atoms with Crippen LogP contribution in [0.5, 0.6) is 0 Å². The summed E-state index contributed by atoms with van der Waals surface area (Å²) in [4.78, 5) is 24.9. The van der Waals surface area contributed by atoms with Gasteiger partial charge in [-0.25, -0.2) is 13.6 Å². The van der Waals surface area contributed by atoms with Gasteiger partial charge in [0.15, 0.2) is 17.7 Å². The number of amides is 1. The van der Waals surface area contributed by atoms with Crippen molar-refractivity contribution in [1.82, 2.24) is 4.90 Å². The van der Waals surface area contributed by atoms with E-state index in [2.05, 4.69) is 0 Å². The van der Waals surface area contributed by atoms with Gasteiger partial charge in [0, 0.05) is 12.5 Å². The number of carboxylic acid groups (broad SMARTS) is 1. The van der Waals surface area contributed by atoms with Crippen LogP contribution >= 0.6 is 0 Å². The summed E-state index contributed by atoms with van der Waals surface area (Å²) in [5.41, 5.74) is 0.179. The van der Waals surface area contributed by atoms with Crippen LogP contribution in [0, 0.1) is 17.6 Å². The Morgan fingerprint density at radius 2 is 2.09 bits per heavy atom. The van der Waals surface area contributed by atoms with E-state index in [4.69, 9.17) is 9.84 Å². The maximum absolute atomic E-state index is 13.8. The first-order chi connectivity index (χ1) is 10.5. The molecule has 1 heterocycles. The number of morpholine rings is 1. The summed E-state index contributed by atoms with van der Waals surface area (Å²) in [6.07, 6.45) is 0.406. The minimum Gasteiger partial charge on any atom is -0.480 e. The van der Waals surface area contributed by atoms with Gasteiger partial charge in [-0.05, 0) is 24.0 Å². The van der Waals surface area contributed by atoms with Crippen molar-refractivity contribution < 1.29 is 28.2 Å². The Balaban J connectivity index is 1.74. The number of nitrogens with zero attached hydrogens (tertiary/aromatic N) is 1. The molecule has 3 unspecified atom stereocenters. The van der Waals surface area contributed by atoms with E-state index < -0.39 is 29.6 Å². The lowest BCUT2D eigenvalue weighted by molar-refractivity contribution is -0.158. The van der Waals surface area contributed by atoms with Crippen LogP contribution in [0.15, 0.2) is 18.2 Å². The quantitative estimate of drug-likeness (QED) is 0.916. The number of aliphatic carboxylic acids is 1. The van der Waals surface area contributed by atoms with Crippen LogP contribution < -0.4 is 0 Å². The number of rotatable bonds is 3. The Kier molecular flexibility index (Phi) is 3.82. The predicted molar refractivity (Wildman–Crippen MR) is 71.2 cm³/mol. The van der Waals surface area contributed by atoms with Crippen molar-refractivity contribution in [3.8, 4) is 0 Å². The van der Waals surface area contributed by atoms with Crippen LogP contribution in [0.4, 0.5) is 8.78 Å². The molecule has 22 heavy (non-hydrogen) atoms. The Morgan fingerprint density at radius 1 is 1.32 bits per heavy atom. The fourth-order valence-corrected chi connectivity index (χ4v) is 2.90. The molecule has 1 aromatic rings. The van der Waals surface area contributed by atoms with Gasteiger partial charge in [0.2, 0.25) is 5.91 Å². The second kappa shape index (κ2) is 5.64. The van der Waals surface area contributed by atoms with E-state index in [9.17, 15) is 18.4 Å². The Hall–Kier alpha value is -2.02. The molecule has 1 amide bonds. The lowest BCUT2D eigenvalue weighted by Crippen LogP contribution is -2.53. The summed E-state index contributed by atoms with van der Waals surface area (Å²) in [7, 11) is 0. The van der Waals surface area contributed by atoms with Crippen molar-refractivity contribution in [3.63, 3.8) is 0 Å². The Bertz CT molecular complexity index is 622. The smallest absolute Gasteiger partial charge is 0.328 e. The van der Waals surface area contributed by atoms with Crippen molar-refractivity contribution in [2.75, 3.05) is 19.8 Å². The SMILES string of the molecule is O=C(O)C1COCCN1C(=O)C1CC1c1cccc(F)c1F. The first-order valence-corrected chi connectivity index (χ1v) is 7.05. The molecule has 2 aliphatic rings. The third kappa shape index (κ3) is 2.56. The lowest BCUT2D eigenvalue weighted by Gasteiger charge is -2.33. The third-order valence-electron chi connectivity index (χ3n) is 4.19. The van der Waals surface area contributed by atoms with E-state index in [1.54, 1.807) is 0 Å². The molecule has 118 valence electrons. The van der Waals surface area contributed by atoms with Crippen LogP contribution in [0.2, 0.25) is 0 Å². The molecule has 1 saturated heterocycles. The Labute approximate surface area is 125 Å². The zero-order chi connectivity index (χ0) is 15.9. The molecular weight excluding hydrogens is 296 g/mol. The largest absolute Gasteiger partial charge is 0.480 e. The normalized spacial score (nSPS) is 27.5. The predicted octanol–water partition coefficient (Wildman–Crippen LogP) is 1.38. The summed E-state index contributed by atoms with van der Waals surface area (Å²) in [5, 5.41) is 9.14. The van der Waals surface area contributed by atoms with Crippen molar-refractivity contribution >= 4 is 11.9 Å². The number of hydrogen-bond donors (Lipinski definition) is 1. The molecule has 1 aliphatic carbocycles. The summed E-state index contributed by atoms with van der Waals surface area (Å²) >= 11 is 0. The number of carbonyl (C=O) groups excluding carboxylic acids is 1. The lowest BCUT2D eigenvalue weighted by atomic mass is 10.1. The van der Waals surface area contributed by atoms with E-state index in [-0.39, 0.29) is 37.1 Å². The van der Waals surface area contributed by atoms with Gasteiger partial charge in [0.1, 0.15) is 0 Å². The number of benzene rings is 1. The molecule has 0 bridgehead atoms. The maximum atomic E-state index is 13.8. The van der Waals surface area contributed by atoms with Crippen molar-refractivity contribution in [2.24, 2.45) is 5.92 Å². The molecular formula is C15H15F2NO4. The van der Waals surface area contributed by atoms with Gasteiger partial charge < -0.3 is 14.7 Å². The molecule has 1 aromatic carbocycles. The highest BCUT2D eigenvalue weighted by Gasteiger charge is 2.49. The number of halogens is 2. The molecule has 7 heteroatoms. The highest BCUT2D eigenvalue weighted by molar-refractivity contribution is 5.88. The second-order valence-electron chi connectivity index (χ2n) is 5.55. The molecule has 3 atom stereocenters. The highest BCUT2D eigenvalue weighted by Crippen LogP contribution is 2.49. The number of carboxylic acids is 1. The fraction of sp³-hybridized carbons (Fsp3) is 0.467. The molecule has 1 N–H and O–H groups in total. The maximum Gasteiger partial charge on any atom is 0.328 e. The topological polar surface area (TPSA) is 66.8 Å². The van der Waals surface area contributed by atoms with Gasteiger partial charge in [-0.3, -0.25) is 4.79 Å². The summed E-state index contributed by atoms with van der Waals surface area (Å²) in [6.45, 7) is 0.429. The molecule has 0 spiro atoms. The monoisotopic (exact) mass is 311 g/mol. The summed E-state index contributed by atoms with van der Waals surface area (Å²) in [5.74, 6) is -4.20. The average molecular weight is 311 g/mol. The van der Waals surface area contributed by atoms with Gasteiger partial charge in [0.05, 0.1) is 13.2 Å². The van der Waals surface area contributed by atoms with Crippen LogP contribution in [-0.4, -0.2) is 47.7 Å². The van der Waals surface area contributed by atoms with Crippen molar-refractivity contribution in [1.29, 1.82) is 0 Å².